The van der Waals surface area contributed by atoms with Crippen molar-refractivity contribution < 1.29 is 5.11 Å². The van der Waals surface area contributed by atoms with Crippen molar-refractivity contribution in [3.63, 3.8) is 0 Å². The van der Waals surface area contributed by atoms with Crippen LogP contribution in [0.3, 0.4) is 0 Å². The maximum Gasteiger partial charge on any atom is 0.0431 e. The van der Waals surface area contributed by atoms with E-state index < -0.39 is 0 Å². The van der Waals surface area contributed by atoms with Gasteiger partial charge < -0.3 is 10.4 Å². The fourth-order valence-corrected chi connectivity index (χ4v) is 2.81. The summed E-state index contributed by atoms with van der Waals surface area (Å²) in [7, 11) is 0. The molecule has 0 amide bonds. The molecular weight excluding hydrogens is 198 g/mol. The van der Waals surface area contributed by atoms with Gasteiger partial charge in [0.15, 0.2) is 0 Å². The van der Waals surface area contributed by atoms with Gasteiger partial charge >= 0.3 is 0 Å². The first kappa shape index (κ1) is 14.0. The highest BCUT2D eigenvalue weighted by atomic mass is 16.2. The molecule has 0 atom stereocenters. The molecule has 0 aromatic rings. The Morgan fingerprint density at radius 3 is 2.00 bits per heavy atom. The molecule has 1 aliphatic carbocycles. The maximum absolute atomic E-state index is 8.65. The molecule has 2 N–H and O–H groups in total. The van der Waals surface area contributed by atoms with E-state index in [1.807, 2.05) is 0 Å². The summed E-state index contributed by atoms with van der Waals surface area (Å²) >= 11 is 0. The van der Waals surface area contributed by atoms with Gasteiger partial charge in [-0.2, -0.15) is 0 Å². The number of hydrogen-bond donors (Lipinski definition) is 2. The number of aliphatic hydroxyl groups excluding tert-OH is 1. The van der Waals surface area contributed by atoms with Crippen molar-refractivity contribution >= 4 is 0 Å². The van der Waals surface area contributed by atoms with Crippen LogP contribution in [0.1, 0.15) is 53.4 Å². The van der Waals surface area contributed by atoms with Crippen LogP contribution in [0.2, 0.25) is 0 Å². The molecule has 0 bridgehead atoms. The van der Waals surface area contributed by atoms with Gasteiger partial charge in [0, 0.05) is 6.61 Å². The van der Waals surface area contributed by atoms with Crippen LogP contribution in [-0.4, -0.2) is 24.8 Å². The van der Waals surface area contributed by atoms with E-state index in [-0.39, 0.29) is 0 Å². The lowest BCUT2D eigenvalue weighted by atomic mass is 10.0. The molecule has 96 valence electrons. The van der Waals surface area contributed by atoms with E-state index in [1.54, 1.807) is 0 Å². The molecule has 0 unspecified atom stereocenters. The second-order valence-corrected chi connectivity index (χ2v) is 6.34. The van der Waals surface area contributed by atoms with Crippen LogP contribution in [0.25, 0.3) is 0 Å². The third-order valence-electron chi connectivity index (χ3n) is 4.93. The van der Waals surface area contributed by atoms with E-state index in [1.165, 1.54) is 25.8 Å². The van der Waals surface area contributed by atoms with Crippen molar-refractivity contribution in [3.8, 4) is 0 Å². The van der Waals surface area contributed by atoms with Crippen molar-refractivity contribution in [2.45, 2.75) is 53.4 Å². The fraction of sp³-hybridized carbons (Fsp3) is 1.00. The Bertz CT molecular complexity index is 197. The Morgan fingerprint density at radius 2 is 1.50 bits per heavy atom. The Morgan fingerprint density at radius 1 is 0.938 bits per heavy atom. The normalized spacial score (nSPS) is 22.3. The lowest BCUT2D eigenvalue weighted by Gasteiger charge is -2.05. The number of unbranched alkanes of at least 4 members (excludes halogenated alkanes) is 3. The van der Waals surface area contributed by atoms with Crippen LogP contribution in [0.4, 0.5) is 0 Å². The number of nitrogens with one attached hydrogen (secondary N) is 1. The SMILES string of the molecule is CC1(C)C(CNCCCCCCO)C1(C)C. The molecule has 1 rings (SSSR count). The zero-order chi connectivity index (χ0) is 12.2. The van der Waals surface area contributed by atoms with E-state index >= 15 is 0 Å². The first-order valence-corrected chi connectivity index (χ1v) is 6.76. The van der Waals surface area contributed by atoms with Crippen LogP contribution in [0.15, 0.2) is 0 Å². The van der Waals surface area contributed by atoms with Gasteiger partial charge in [0.1, 0.15) is 0 Å². The monoisotopic (exact) mass is 227 g/mol. The van der Waals surface area contributed by atoms with E-state index in [0.29, 0.717) is 17.4 Å². The Balaban J connectivity index is 1.97. The van der Waals surface area contributed by atoms with Crippen LogP contribution < -0.4 is 5.32 Å². The number of hydrogen-bond acceptors (Lipinski definition) is 2. The zero-order valence-electron chi connectivity index (χ0n) is 11.5. The topological polar surface area (TPSA) is 32.3 Å². The minimum Gasteiger partial charge on any atom is -0.396 e. The Labute approximate surface area is 101 Å². The summed E-state index contributed by atoms with van der Waals surface area (Å²) in [6.45, 7) is 12.1. The lowest BCUT2D eigenvalue weighted by molar-refractivity contribution is 0.282. The number of rotatable bonds is 8. The van der Waals surface area contributed by atoms with Crippen LogP contribution >= 0.6 is 0 Å². The zero-order valence-corrected chi connectivity index (χ0v) is 11.5. The van der Waals surface area contributed by atoms with Crippen molar-refractivity contribution in [1.82, 2.24) is 5.32 Å². The van der Waals surface area contributed by atoms with Crippen LogP contribution in [0.5, 0.6) is 0 Å². The molecule has 0 saturated heterocycles. The van der Waals surface area contributed by atoms with Gasteiger partial charge in [-0.15, -0.1) is 0 Å². The van der Waals surface area contributed by atoms with Gasteiger partial charge in [-0.05, 0) is 42.7 Å². The molecule has 1 aliphatic rings. The van der Waals surface area contributed by atoms with E-state index in [2.05, 4.69) is 33.0 Å². The molecular formula is C14H29NO. The van der Waals surface area contributed by atoms with Gasteiger partial charge in [-0.1, -0.05) is 40.5 Å². The molecule has 1 fully saturated rings. The van der Waals surface area contributed by atoms with Gasteiger partial charge in [0.05, 0.1) is 0 Å². The molecule has 0 aromatic carbocycles. The Kier molecular flexibility index (Phi) is 4.81. The molecule has 2 nitrogen and oxygen atoms in total. The molecule has 1 saturated carbocycles. The third-order valence-corrected chi connectivity index (χ3v) is 4.93. The fourth-order valence-electron chi connectivity index (χ4n) is 2.81. The van der Waals surface area contributed by atoms with Gasteiger partial charge in [0.25, 0.3) is 0 Å². The van der Waals surface area contributed by atoms with Crippen molar-refractivity contribution in [2.24, 2.45) is 16.7 Å². The molecule has 16 heavy (non-hydrogen) atoms. The highest BCUT2D eigenvalue weighted by molar-refractivity contribution is 5.12. The highest BCUT2D eigenvalue weighted by Gasteiger charge is 2.63. The van der Waals surface area contributed by atoms with E-state index in [0.717, 1.165) is 18.9 Å². The van der Waals surface area contributed by atoms with Crippen molar-refractivity contribution in [2.75, 3.05) is 19.7 Å². The van der Waals surface area contributed by atoms with Crippen LogP contribution in [0, 0.1) is 16.7 Å². The standard InChI is InChI=1S/C14H29NO/c1-13(2)12(14(13,3)4)11-15-9-7-5-6-8-10-16/h12,15-16H,5-11H2,1-4H3. The highest BCUT2D eigenvalue weighted by Crippen LogP contribution is 2.67. The lowest BCUT2D eigenvalue weighted by Crippen LogP contribution is -2.20. The smallest absolute Gasteiger partial charge is 0.0431 e. The average molecular weight is 227 g/mol. The summed E-state index contributed by atoms with van der Waals surface area (Å²) < 4.78 is 0. The summed E-state index contributed by atoms with van der Waals surface area (Å²) in [4.78, 5) is 0. The molecule has 0 aliphatic heterocycles. The largest absolute Gasteiger partial charge is 0.396 e. The van der Waals surface area contributed by atoms with Gasteiger partial charge in [-0.3, -0.25) is 0 Å². The van der Waals surface area contributed by atoms with Crippen molar-refractivity contribution in [3.05, 3.63) is 0 Å². The number of aliphatic hydroxyl groups is 1. The summed E-state index contributed by atoms with van der Waals surface area (Å²) in [5.41, 5.74) is 1.02. The van der Waals surface area contributed by atoms with E-state index in [4.69, 9.17) is 5.11 Å². The maximum atomic E-state index is 8.65. The quantitative estimate of drug-likeness (QED) is 0.625. The summed E-state index contributed by atoms with van der Waals surface area (Å²) in [5.74, 6) is 0.831. The second kappa shape index (κ2) is 5.50. The molecule has 0 spiro atoms. The predicted molar refractivity (Wildman–Crippen MR) is 69.5 cm³/mol. The van der Waals surface area contributed by atoms with Gasteiger partial charge in [0.2, 0.25) is 0 Å². The minimum absolute atomic E-state index is 0.345. The molecule has 0 heterocycles. The van der Waals surface area contributed by atoms with Crippen molar-refractivity contribution in [1.29, 1.82) is 0 Å². The minimum atomic E-state index is 0.345. The Hall–Kier alpha value is -0.0800. The second-order valence-electron chi connectivity index (χ2n) is 6.34. The molecule has 0 aromatic heterocycles. The third kappa shape index (κ3) is 2.98. The molecule has 2 heteroatoms. The predicted octanol–water partition coefficient (Wildman–Crippen LogP) is 2.81. The molecule has 0 radical (unpaired) electrons. The first-order valence-electron chi connectivity index (χ1n) is 6.76. The average Bonchev–Trinajstić information content (AvgIpc) is 2.58. The first-order chi connectivity index (χ1) is 7.44. The van der Waals surface area contributed by atoms with E-state index in [9.17, 15) is 0 Å². The van der Waals surface area contributed by atoms with Crippen LogP contribution in [-0.2, 0) is 0 Å². The summed E-state index contributed by atoms with van der Waals surface area (Å²) in [5, 5.41) is 12.2. The van der Waals surface area contributed by atoms with Gasteiger partial charge in [-0.25, -0.2) is 0 Å². The summed E-state index contributed by atoms with van der Waals surface area (Å²) in [6, 6.07) is 0. The summed E-state index contributed by atoms with van der Waals surface area (Å²) in [6.07, 6.45) is 4.61.